The minimum atomic E-state index is -1.40. The smallest absolute Gasteiger partial charge is 0.410 e. The third-order valence-electron chi connectivity index (χ3n) is 9.26. The van der Waals surface area contributed by atoms with Crippen LogP contribution in [0.5, 0.6) is 0 Å². The van der Waals surface area contributed by atoms with Gasteiger partial charge in [0, 0.05) is 57.1 Å². The summed E-state index contributed by atoms with van der Waals surface area (Å²) in [6, 6.07) is 10.1. The number of benzene rings is 1. The van der Waals surface area contributed by atoms with Crippen molar-refractivity contribution in [2.75, 3.05) is 25.0 Å². The van der Waals surface area contributed by atoms with Crippen LogP contribution in [-0.2, 0) is 28.3 Å². The average Bonchev–Trinajstić information content (AvgIpc) is 3.37. The fraction of sp³-hybridized carbons (Fsp3) is 0.469. The highest BCUT2D eigenvalue weighted by atomic mass is 28.3. The van der Waals surface area contributed by atoms with Crippen LogP contribution >= 0.6 is 0 Å². The van der Waals surface area contributed by atoms with E-state index in [0.29, 0.717) is 48.4 Å². The van der Waals surface area contributed by atoms with Gasteiger partial charge in [0.1, 0.15) is 30.0 Å². The van der Waals surface area contributed by atoms with Crippen molar-refractivity contribution < 1.29 is 28.6 Å². The summed E-state index contributed by atoms with van der Waals surface area (Å²) >= 11 is 0. The number of fused-ring (bicyclic) bond motifs is 3. The standard InChI is InChI=1S/C32H37FN6O5Si/c1-31(7-8-31)18-37-10-9-32(29(37)41)24-6-5-21(33)14-23(24)28(40)39(32)17-22-15-25-27(38(22)19-44-11-12-45(2,3)4)20(16-34)13-26(35-25)36-30(42)43/h5-6,13-15H,7-12,17-19H2,1-4H3,(H,35,36)(H,42,43)/t32-/m0/s1. The van der Waals surface area contributed by atoms with Crippen LogP contribution in [0.2, 0.25) is 25.7 Å². The monoisotopic (exact) mass is 632 g/mol. The average molecular weight is 633 g/mol. The summed E-state index contributed by atoms with van der Waals surface area (Å²) in [5.74, 6) is -1.19. The molecule has 2 aromatic heterocycles. The lowest BCUT2D eigenvalue weighted by atomic mass is 9.87. The molecule has 2 N–H and O–H groups in total. The number of ether oxygens (including phenoxy) is 1. The van der Waals surface area contributed by atoms with Crippen LogP contribution in [0, 0.1) is 22.6 Å². The van der Waals surface area contributed by atoms with Gasteiger partial charge in [-0.25, -0.2) is 14.2 Å². The van der Waals surface area contributed by atoms with Crippen LogP contribution in [0.1, 0.15) is 53.4 Å². The molecule has 1 aliphatic carbocycles. The first-order valence-corrected chi connectivity index (χ1v) is 18.9. The zero-order valence-electron chi connectivity index (χ0n) is 25.9. The Morgan fingerprint density at radius 1 is 1.20 bits per heavy atom. The van der Waals surface area contributed by atoms with Crippen LogP contribution in [0.4, 0.5) is 15.0 Å². The molecule has 0 bridgehead atoms. The first-order chi connectivity index (χ1) is 21.2. The number of aromatic nitrogens is 2. The maximum absolute atomic E-state index is 14.5. The molecule has 3 aliphatic rings. The Bertz CT molecular complexity index is 1770. The number of amides is 3. The normalized spacial score (nSPS) is 20.3. The van der Waals surface area contributed by atoms with Gasteiger partial charge in [0.2, 0.25) is 0 Å². The molecule has 11 nitrogen and oxygen atoms in total. The van der Waals surface area contributed by atoms with Gasteiger partial charge in [0.05, 0.1) is 23.1 Å². The summed E-state index contributed by atoms with van der Waals surface area (Å²) in [7, 11) is -1.40. The number of carbonyl (C=O) groups excluding carboxylic acids is 2. The van der Waals surface area contributed by atoms with E-state index in [1.54, 1.807) is 16.7 Å². The molecule has 236 valence electrons. The molecule has 1 saturated heterocycles. The number of carboxylic acid groups (broad SMARTS) is 1. The molecular formula is C32H37FN6O5Si. The number of pyridine rings is 1. The summed E-state index contributed by atoms with van der Waals surface area (Å²) in [5, 5.41) is 21.5. The summed E-state index contributed by atoms with van der Waals surface area (Å²) in [4.78, 5) is 47.6. The molecule has 1 spiro atoms. The van der Waals surface area contributed by atoms with Gasteiger partial charge in [-0.05, 0) is 42.5 Å². The number of halogens is 1. The minimum absolute atomic E-state index is 0.0123. The number of carbonyl (C=O) groups is 3. The van der Waals surface area contributed by atoms with Crippen molar-refractivity contribution in [1.29, 1.82) is 5.26 Å². The van der Waals surface area contributed by atoms with Gasteiger partial charge in [-0.15, -0.1) is 0 Å². The first kappa shape index (κ1) is 30.7. The second-order valence-corrected chi connectivity index (χ2v) is 19.6. The molecule has 6 rings (SSSR count). The fourth-order valence-electron chi connectivity index (χ4n) is 6.53. The molecule has 2 fully saturated rings. The topological polar surface area (TPSA) is 141 Å². The predicted molar refractivity (Wildman–Crippen MR) is 167 cm³/mol. The Morgan fingerprint density at radius 2 is 1.96 bits per heavy atom. The number of hydrogen-bond donors (Lipinski definition) is 2. The molecule has 3 aromatic rings. The fourth-order valence-corrected chi connectivity index (χ4v) is 7.29. The third-order valence-corrected chi connectivity index (χ3v) is 11.0. The number of nitrogens with zero attached hydrogens (tertiary/aromatic N) is 5. The van der Waals surface area contributed by atoms with E-state index in [4.69, 9.17) is 4.74 Å². The molecule has 13 heteroatoms. The van der Waals surface area contributed by atoms with Gasteiger partial charge in [-0.3, -0.25) is 14.9 Å². The Balaban J connectivity index is 1.43. The lowest BCUT2D eigenvalue weighted by molar-refractivity contribution is -0.138. The third kappa shape index (κ3) is 5.57. The second kappa shape index (κ2) is 11.0. The molecule has 45 heavy (non-hydrogen) atoms. The largest absolute Gasteiger partial charge is 0.465 e. The van der Waals surface area contributed by atoms with Crippen molar-refractivity contribution >= 4 is 42.8 Å². The highest BCUT2D eigenvalue weighted by molar-refractivity contribution is 6.76. The number of anilines is 1. The maximum atomic E-state index is 14.5. The Kier molecular flexibility index (Phi) is 7.48. The van der Waals surface area contributed by atoms with E-state index in [9.17, 15) is 29.1 Å². The van der Waals surface area contributed by atoms with Gasteiger partial charge in [-0.2, -0.15) is 5.26 Å². The maximum Gasteiger partial charge on any atom is 0.410 e. The van der Waals surface area contributed by atoms with Gasteiger partial charge in [0.25, 0.3) is 11.8 Å². The molecule has 0 unspecified atom stereocenters. The number of hydrogen-bond acceptors (Lipinski definition) is 6. The number of likely N-dealkylation sites (tertiary alicyclic amines) is 1. The lowest BCUT2D eigenvalue weighted by Crippen LogP contribution is -2.50. The summed E-state index contributed by atoms with van der Waals surface area (Å²) < 4.78 is 22.3. The molecule has 3 amide bonds. The SMILES string of the molecule is CC1(CN2CC[C@@]3(C2=O)c2ccc(F)cc2C(=O)N3Cc2cc3nc(NC(=O)O)cc(C#N)c3n2COCC[Si](C)(C)C)CC1. The lowest BCUT2D eigenvalue weighted by Gasteiger charge is -2.35. The minimum Gasteiger partial charge on any atom is -0.465 e. The Labute approximate surface area is 261 Å². The van der Waals surface area contributed by atoms with E-state index in [1.807, 2.05) is 4.90 Å². The van der Waals surface area contributed by atoms with Crippen LogP contribution < -0.4 is 5.32 Å². The van der Waals surface area contributed by atoms with Crippen LogP contribution in [-0.4, -0.2) is 70.1 Å². The predicted octanol–water partition coefficient (Wildman–Crippen LogP) is 5.33. The second-order valence-electron chi connectivity index (χ2n) is 14.0. The number of nitrogens with one attached hydrogen (secondary N) is 1. The molecule has 4 heterocycles. The van der Waals surface area contributed by atoms with Crippen molar-refractivity contribution in [3.8, 4) is 6.07 Å². The Morgan fingerprint density at radius 3 is 2.62 bits per heavy atom. The summed E-state index contributed by atoms with van der Waals surface area (Å²) in [5.41, 5.74) is 0.941. The molecule has 1 aromatic carbocycles. The molecular weight excluding hydrogens is 595 g/mol. The van der Waals surface area contributed by atoms with Gasteiger partial charge in [0.15, 0.2) is 0 Å². The van der Waals surface area contributed by atoms with Crippen molar-refractivity contribution in [3.05, 3.63) is 58.5 Å². The van der Waals surface area contributed by atoms with Crippen LogP contribution in [0.25, 0.3) is 11.0 Å². The van der Waals surface area contributed by atoms with Crippen molar-refractivity contribution in [1.82, 2.24) is 19.4 Å². The quantitative estimate of drug-likeness (QED) is 0.227. The molecule has 0 radical (unpaired) electrons. The van der Waals surface area contributed by atoms with Crippen molar-refractivity contribution in [2.24, 2.45) is 5.41 Å². The number of rotatable bonds is 10. The highest BCUT2D eigenvalue weighted by Gasteiger charge is 2.60. The van der Waals surface area contributed by atoms with Crippen molar-refractivity contribution in [2.45, 2.75) is 70.7 Å². The first-order valence-electron chi connectivity index (χ1n) is 15.2. The molecule has 1 atom stereocenters. The Hall–Kier alpha value is -4.28. The van der Waals surface area contributed by atoms with Gasteiger partial charge < -0.3 is 24.2 Å². The van der Waals surface area contributed by atoms with E-state index in [2.05, 4.69) is 42.9 Å². The van der Waals surface area contributed by atoms with Crippen LogP contribution in [0.15, 0.2) is 30.3 Å². The van der Waals surface area contributed by atoms with E-state index in [0.717, 1.165) is 18.9 Å². The summed E-state index contributed by atoms with van der Waals surface area (Å²) in [6.45, 7) is 10.5. The van der Waals surface area contributed by atoms with Gasteiger partial charge in [-0.1, -0.05) is 32.6 Å². The van der Waals surface area contributed by atoms with Gasteiger partial charge >= 0.3 is 6.09 Å². The molecule has 2 aliphatic heterocycles. The zero-order chi connectivity index (χ0) is 32.3. The van der Waals surface area contributed by atoms with E-state index in [1.165, 1.54) is 23.1 Å². The molecule has 1 saturated carbocycles. The van der Waals surface area contributed by atoms with E-state index in [-0.39, 0.29) is 41.5 Å². The number of nitriles is 1. The van der Waals surface area contributed by atoms with E-state index >= 15 is 0 Å². The highest BCUT2D eigenvalue weighted by Crippen LogP contribution is 2.51. The van der Waals surface area contributed by atoms with Crippen molar-refractivity contribution in [3.63, 3.8) is 0 Å². The zero-order valence-corrected chi connectivity index (χ0v) is 26.9. The van der Waals surface area contributed by atoms with E-state index < -0.39 is 31.4 Å². The summed E-state index contributed by atoms with van der Waals surface area (Å²) in [6.07, 6.45) is 1.13. The van der Waals surface area contributed by atoms with Crippen LogP contribution in [0.3, 0.4) is 0 Å².